The monoisotopic (exact) mass is 370 g/mol. The van der Waals surface area contributed by atoms with Crippen molar-refractivity contribution in [3.63, 3.8) is 0 Å². The number of halogens is 2. The van der Waals surface area contributed by atoms with Crippen LogP contribution in [0.5, 0.6) is 11.5 Å². The van der Waals surface area contributed by atoms with E-state index in [1.165, 1.54) is 0 Å². The molecule has 4 heteroatoms. The van der Waals surface area contributed by atoms with Crippen LogP contribution >= 0.6 is 27.5 Å². The number of fused-ring (bicyclic) bond motifs is 1. The van der Waals surface area contributed by atoms with Crippen molar-refractivity contribution in [2.45, 2.75) is 20.3 Å². The first kappa shape index (κ1) is 16.4. The Morgan fingerprint density at radius 3 is 2.67 bits per heavy atom. The second kappa shape index (κ2) is 7.90. The van der Waals surface area contributed by atoms with Gasteiger partial charge in [0.1, 0.15) is 11.5 Å². The SMILES string of the molecule is CC(C)COc1ccc2c(Cl)c(OCCCBr)ccc2c1. The van der Waals surface area contributed by atoms with Crippen molar-refractivity contribution in [2.24, 2.45) is 5.92 Å². The van der Waals surface area contributed by atoms with E-state index >= 15 is 0 Å². The fourth-order valence-electron chi connectivity index (χ4n) is 1.95. The maximum absolute atomic E-state index is 6.42. The number of hydrogen-bond donors (Lipinski definition) is 0. The van der Waals surface area contributed by atoms with E-state index in [2.05, 4.69) is 29.8 Å². The maximum atomic E-state index is 6.42. The Hall–Kier alpha value is -0.930. The minimum atomic E-state index is 0.509. The summed E-state index contributed by atoms with van der Waals surface area (Å²) in [6, 6.07) is 9.91. The fourth-order valence-corrected chi connectivity index (χ4v) is 2.47. The van der Waals surface area contributed by atoms with E-state index in [0.29, 0.717) is 24.2 Å². The van der Waals surface area contributed by atoms with Crippen LogP contribution in [0.4, 0.5) is 0 Å². The van der Waals surface area contributed by atoms with Gasteiger partial charge in [-0.05, 0) is 42.0 Å². The Labute approximate surface area is 139 Å². The first-order chi connectivity index (χ1) is 10.1. The number of rotatable bonds is 7. The third-order valence-electron chi connectivity index (χ3n) is 3.01. The molecule has 2 aromatic carbocycles. The van der Waals surface area contributed by atoms with Gasteiger partial charge in [0.2, 0.25) is 0 Å². The van der Waals surface area contributed by atoms with Crippen LogP contribution in [-0.4, -0.2) is 18.5 Å². The van der Waals surface area contributed by atoms with E-state index in [-0.39, 0.29) is 0 Å². The summed E-state index contributed by atoms with van der Waals surface area (Å²) in [6.07, 6.45) is 0.955. The van der Waals surface area contributed by atoms with E-state index in [9.17, 15) is 0 Å². The summed E-state index contributed by atoms with van der Waals surface area (Å²) in [4.78, 5) is 0. The second-order valence-corrected chi connectivity index (χ2v) is 6.53. The highest BCUT2D eigenvalue weighted by Gasteiger charge is 2.08. The van der Waals surface area contributed by atoms with Crippen molar-refractivity contribution in [2.75, 3.05) is 18.5 Å². The minimum absolute atomic E-state index is 0.509. The van der Waals surface area contributed by atoms with Crippen LogP contribution in [0.1, 0.15) is 20.3 Å². The normalized spacial score (nSPS) is 11.1. The number of ether oxygens (including phenoxy) is 2. The molecule has 0 bridgehead atoms. The molecule has 0 radical (unpaired) electrons. The molecule has 0 saturated carbocycles. The average molecular weight is 372 g/mol. The largest absolute Gasteiger partial charge is 0.493 e. The quantitative estimate of drug-likeness (QED) is 0.459. The highest BCUT2D eigenvalue weighted by molar-refractivity contribution is 9.09. The van der Waals surface area contributed by atoms with Crippen LogP contribution in [-0.2, 0) is 0 Å². The number of hydrogen-bond acceptors (Lipinski definition) is 2. The molecule has 0 fully saturated rings. The summed E-state index contributed by atoms with van der Waals surface area (Å²) in [7, 11) is 0. The summed E-state index contributed by atoms with van der Waals surface area (Å²) < 4.78 is 11.4. The van der Waals surface area contributed by atoms with Crippen LogP contribution in [0.3, 0.4) is 0 Å². The maximum Gasteiger partial charge on any atom is 0.138 e. The molecule has 0 amide bonds. The van der Waals surface area contributed by atoms with Crippen molar-refractivity contribution in [3.8, 4) is 11.5 Å². The predicted octanol–water partition coefficient (Wildman–Crippen LogP) is 5.69. The van der Waals surface area contributed by atoms with Gasteiger partial charge in [0, 0.05) is 10.7 Å². The first-order valence-corrected chi connectivity index (χ1v) is 8.65. The van der Waals surface area contributed by atoms with Crippen LogP contribution < -0.4 is 9.47 Å². The lowest BCUT2D eigenvalue weighted by Crippen LogP contribution is -2.04. The molecule has 0 N–H and O–H groups in total. The molecule has 0 aliphatic heterocycles. The molecule has 0 heterocycles. The lowest BCUT2D eigenvalue weighted by Gasteiger charge is -2.12. The van der Waals surface area contributed by atoms with Gasteiger partial charge in [-0.15, -0.1) is 0 Å². The number of alkyl halides is 1. The topological polar surface area (TPSA) is 18.5 Å². The number of benzene rings is 2. The highest BCUT2D eigenvalue weighted by Crippen LogP contribution is 2.34. The van der Waals surface area contributed by atoms with Crippen molar-refractivity contribution >= 4 is 38.3 Å². The molecule has 0 atom stereocenters. The zero-order valence-corrected chi connectivity index (χ0v) is 14.7. The Bertz CT molecular complexity index is 599. The van der Waals surface area contributed by atoms with Gasteiger partial charge >= 0.3 is 0 Å². The molecule has 114 valence electrons. The third kappa shape index (κ3) is 4.52. The Morgan fingerprint density at radius 2 is 1.95 bits per heavy atom. The average Bonchev–Trinajstić information content (AvgIpc) is 2.47. The molecule has 0 aliphatic carbocycles. The molecule has 0 aliphatic rings. The van der Waals surface area contributed by atoms with Crippen LogP contribution in [0, 0.1) is 5.92 Å². The van der Waals surface area contributed by atoms with Gasteiger partial charge in [-0.3, -0.25) is 0 Å². The van der Waals surface area contributed by atoms with E-state index in [4.69, 9.17) is 21.1 Å². The Morgan fingerprint density at radius 1 is 1.14 bits per heavy atom. The first-order valence-electron chi connectivity index (χ1n) is 7.15. The highest BCUT2D eigenvalue weighted by atomic mass is 79.9. The smallest absolute Gasteiger partial charge is 0.138 e. The molecule has 0 saturated heterocycles. The summed E-state index contributed by atoms with van der Waals surface area (Å²) in [6.45, 7) is 5.64. The summed E-state index contributed by atoms with van der Waals surface area (Å²) in [5.41, 5.74) is 0. The molecule has 0 aromatic heterocycles. The van der Waals surface area contributed by atoms with Crippen LogP contribution in [0.2, 0.25) is 5.02 Å². The van der Waals surface area contributed by atoms with E-state index in [0.717, 1.165) is 34.0 Å². The molecule has 0 unspecified atom stereocenters. The second-order valence-electron chi connectivity index (χ2n) is 5.36. The van der Waals surface area contributed by atoms with Gasteiger partial charge in [0.15, 0.2) is 0 Å². The van der Waals surface area contributed by atoms with Gasteiger partial charge in [-0.25, -0.2) is 0 Å². The van der Waals surface area contributed by atoms with E-state index in [1.807, 2.05) is 30.3 Å². The van der Waals surface area contributed by atoms with Gasteiger partial charge in [-0.1, -0.05) is 47.4 Å². The van der Waals surface area contributed by atoms with Crippen molar-refractivity contribution in [3.05, 3.63) is 35.4 Å². The summed E-state index contributed by atoms with van der Waals surface area (Å²) >= 11 is 9.81. The third-order valence-corrected chi connectivity index (χ3v) is 3.96. The Kier molecular flexibility index (Phi) is 6.19. The molecule has 21 heavy (non-hydrogen) atoms. The van der Waals surface area contributed by atoms with Gasteiger partial charge < -0.3 is 9.47 Å². The lowest BCUT2D eigenvalue weighted by molar-refractivity contribution is 0.271. The molecule has 2 aromatic rings. The summed E-state index contributed by atoms with van der Waals surface area (Å²) in [5, 5.41) is 3.64. The minimum Gasteiger partial charge on any atom is -0.493 e. The molecular formula is C17H20BrClO2. The van der Waals surface area contributed by atoms with Gasteiger partial charge in [0.05, 0.1) is 18.2 Å². The standard InChI is InChI=1S/C17H20BrClO2/c1-12(2)11-21-14-5-6-15-13(10-14)4-7-16(17(15)19)20-9-3-8-18/h4-7,10,12H,3,8-9,11H2,1-2H3. The molecule has 2 rings (SSSR count). The molecule has 0 spiro atoms. The summed E-state index contributed by atoms with van der Waals surface area (Å²) in [5.74, 6) is 2.12. The molecular weight excluding hydrogens is 352 g/mol. The van der Waals surface area contributed by atoms with E-state index in [1.54, 1.807) is 0 Å². The zero-order valence-electron chi connectivity index (χ0n) is 12.4. The predicted molar refractivity (Wildman–Crippen MR) is 93.2 cm³/mol. The lowest BCUT2D eigenvalue weighted by atomic mass is 10.1. The Balaban J connectivity index is 2.19. The van der Waals surface area contributed by atoms with Crippen LogP contribution in [0.25, 0.3) is 10.8 Å². The van der Waals surface area contributed by atoms with Crippen molar-refractivity contribution < 1.29 is 9.47 Å². The molecule has 2 nitrogen and oxygen atoms in total. The van der Waals surface area contributed by atoms with Crippen LogP contribution in [0.15, 0.2) is 30.3 Å². The van der Waals surface area contributed by atoms with Crippen molar-refractivity contribution in [1.29, 1.82) is 0 Å². The van der Waals surface area contributed by atoms with E-state index < -0.39 is 0 Å². The fraction of sp³-hybridized carbons (Fsp3) is 0.412. The zero-order chi connectivity index (χ0) is 15.2. The van der Waals surface area contributed by atoms with Gasteiger partial charge in [0.25, 0.3) is 0 Å². The van der Waals surface area contributed by atoms with Crippen molar-refractivity contribution in [1.82, 2.24) is 0 Å². The van der Waals surface area contributed by atoms with Gasteiger partial charge in [-0.2, -0.15) is 0 Å².